The Morgan fingerprint density at radius 1 is 1.29 bits per heavy atom. The summed E-state index contributed by atoms with van der Waals surface area (Å²) < 4.78 is 33.4. The Bertz CT molecular complexity index is 1250. The van der Waals surface area contributed by atoms with E-state index in [1.165, 1.54) is 10.2 Å². The number of ether oxygens (including phenoxy) is 1. The van der Waals surface area contributed by atoms with Gasteiger partial charge in [-0.1, -0.05) is 6.08 Å². The lowest BCUT2D eigenvalue weighted by Crippen LogP contribution is -2.44. The molecule has 0 saturated carbocycles. The lowest BCUT2D eigenvalue weighted by molar-refractivity contribution is 0.0987. The van der Waals surface area contributed by atoms with Crippen LogP contribution in [0.3, 0.4) is 0 Å². The van der Waals surface area contributed by atoms with Crippen molar-refractivity contribution in [3.8, 4) is 0 Å². The summed E-state index contributed by atoms with van der Waals surface area (Å²) >= 11 is 0. The van der Waals surface area contributed by atoms with Crippen LogP contribution in [0.25, 0.3) is 21.9 Å². The summed E-state index contributed by atoms with van der Waals surface area (Å²) in [6.07, 6.45) is 8.29. The molecule has 0 spiro atoms. The van der Waals surface area contributed by atoms with E-state index in [-0.39, 0.29) is 6.04 Å². The fourth-order valence-electron chi connectivity index (χ4n) is 3.84. The number of aliphatic imine (C=N–C) groups is 1. The topological polar surface area (TPSA) is 94.6 Å². The molecule has 0 amide bonds. The Labute approximate surface area is 162 Å². The normalized spacial score (nSPS) is 20.4. The lowest BCUT2D eigenvalue weighted by atomic mass is 10.2. The van der Waals surface area contributed by atoms with Gasteiger partial charge in [0.25, 0.3) is 0 Å². The van der Waals surface area contributed by atoms with Gasteiger partial charge in [0, 0.05) is 18.1 Å². The number of morpholine rings is 1. The van der Waals surface area contributed by atoms with E-state index in [0.717, 1.165) is 11.2 Å². The first-order valence-corrected chi connectivity index (χ1v) is 10.9. The monoisotopic (exact) mass is 400 g/mol. The molecular weight excluding hydrogens is 380 g/mol. The zero-order chi connectivity index (χ0) is 19.5. The summed E-state index contributed by atoms with van der Waals surface area (Å²) in [5.74, 6) is 1.44. The largest absolute Gasteiger partial charge is 0.377 e. The number of rotatable bonds is 2. The molecule has 0 radical (unpaired) electrons. The zero-order valence-corrected chi connectivity index (χ0v) is 16.4. The van der Waals surface area contributed by atoms with E-state index in [4.69, 9.17) is 9.72 Å². The molecular formula is C18H20N6O3S. The van der Waals surface area contributed by atoms with E-state index in [2.05, 4.69) is 21.9 Å². The number of nitrogens with zero attached hydrogens (tertiary/aromatic N) is 6. The van der Waals surface area contributed by atoms with Gasteiger partial charge >= 0.3 is 0 Å². The van der Waals surface area contributed by atoms with Gasteiger partial charge in [-0.3, -0.25) is 4.99 Å². The van der Waals surface area contributed by atoms with E-state index in [0.29, 0.717) is 48.7 Å². The van der Waals surface area contributed by atoms with Gasteiger partial charge < -0.3 is 9.64 Å². The fraction of sp³-hybridized carbons (Fsp3) is 0.389. The van der Waals surface area contributed by atoms with Gasteiger partial charge in [-0.15, -0.1) is 0 Å². The molecule has 3 aromatic rings. The summed E-state index contributed by atoms with van der Waals surface area (Å²) in [5.41, 5.74) is 1.19. The van der Waals surface area contributed by atoms with Gasteiger partial charge in [0.15, 0.2) is 11.5 Å². The first kappa shape index (κ1) is 17.4. The second-order valence-corrected chi connectivity index (χ2v) is 8.94. The molecule has 3 aromatic heterocycles. The highest BCUT2D eigenvalue weighted by atomic mass is 32.2. The maximum atomic E-state index is 12.4. The molecule has 9 nitrogen and oxygen atoms in total. The van der Waals surface area contributed by atoms with Gasteiger partial charge in [0.2, 0.25) is 10.0 Å². The SMILES string of the molecule is C[C@@H]1COCCN1c1nc2c(cnn2C2=NCC=C2)c2c1ccn2S(C)(=O)=O. The Kier molecular flexibility index (Phi) is 3.81. The minimum absolute atomic E-state index is 0.128. The average molecular weight is 400 g/mol. The van der Waals surface area contributed by atoms with E-state index in [9.17, 15) is 8.42 Å². The lowest BCUT2D eigenvalue weighted by Gasteiger charge is -2.34. The molecule has 0 bridgehead atoms. The molecule has 0 unspecified atom stereocenters. The third-order valence-electron chi connectivity index (χ3n) is 5.14. The van der Waals surface area contributed by atoms with Gasteiger partial charge in [-0.05, 0) is 19.1 Å². The third kappa shape index (κ3) is 2.55. The predicted octanol–water partition coefficient (Wildman–Crippen LogP) is 1.24. The Morgan fingerprint density at radius 3 is 2.86 bits per heavy atom. The maximum absolute atomic E-state index is 12.4. The molecule has 5 heterocycles. The molecule has 146 valence electrons. The summed E-state index contributed by atoms with van der Waals surface area (Å²) in [7, 11) is -3.48. The molecule has 0 aliphatic carbocycles. The predicted molar refractivity (Wildman–Crippen MR) is 108 cm³/mol. The van der Waals surface area contributed by atoms with Crippen LogP contribution < -0.4 is 4.90 Å². The summed E-state index contributed by atoms with van der Waals surface area (Å²) in [4.78, 5) is 11.5. The van der Waals surface area contributed by atoms with Crippen molar-refractivity contribution in [1.82, 2.24) is 18.7 Å². The second kappa shape index (κ2) is 6.14. The van der Waals surface area contributed by atoms with Crippen molar-refractivity contribution in [3.05, 3.63) is 30.6 Å². The second-order valence-electron chi connectivity index (χ2n) is 7.08. The Morgan fingerprint density at radius 2 is 2.14 bits per heavy atom. The summed E-state index contributed by atoms with van der Waals surface area (Å²) in [5, 5.41) is 5.92. The smallest absolute Gasteiger partial charge is 0.236 e. The van der Waals surface area contributed by atoms with Gasteiger partial charge in [0.05, 0.1) is 49.2 Å². The van der Waals surface area contributed by atoms with Crippen molar-refractivity contribution in [2.45, 2.75) is 13.0 Å². The third-order valence-corrected chi connectivity index (χ3v) is 6.16. The van der Waals surface area contributed by atoms with E-state index < -0.39 is 10.0 Å². The number of allylic oxidation sites excluding steroid dienone is 1. The number of fused-ring (bicyclic) bond motifs is 3. The van der Waals surface area contributed by atoms with Crippen molar-refractivity contribution in [1.29, 1.82) is 0 Å². The van der Waals surface area contributed by atoms with Crippen LogP contribution in [0, 0.1) is 0 Å². The first-order valence-electron chi connectivity index (χ1n) is 9.10. The van der Waals surface area contributed by atoms with Crippen LogP contribution in [0.1, 0.15) is 6.92 Å². The molecule has 2 aliphatic rings. The van der Waals surface area contributed by atoms with Crippen LogP contribution in [-0.4, -0.2) is 71.6 Å². The van der Waals surface area contributed by atoms with Crippen LogP contribution in [0.15, 0.2) is 35.6 Å². The number of anilines is 1. The van der Waals surface area contributed by atoms with E-state index >= 15 is 0 Å². The summed E-state index contributed by atoms with van der Waals surface area (Å²) in [6.45, 7) is 4.57. The Hall–Kier alpha value is -2.72. The number of hydrogen-bond acceptors (Lipinski definition) is 7. The molecule has 2 aliphatic heterocycles. The van der Waals surface area contributed by atoms with Gasteiger partial charge in [0.1, 0.15) is 5.82 Å². The molecule has 28 heavy (non-hydrogen) atoms. The first-order chi connectivity index (χ1) is 13.4. The van der Waals surface area contributed by atoms with Crippen LogP contribution in [0.4, 0.5) is 5.82 Å². The number of pyridine rings is 1. The molecule has 0 N–H and O–H groups in total. The van der Waals surface area contributed by atoms with Crippen molar-refractivity contribution in [2.75, 3.05) is 37.5 Å². The molecule has 0 aromatic carbocycles. The van der Waals surface area contributed by atoms with E-state index in [1.807, 2.05) is 18.2 Å². The molecule has 1 saturated heterocycles. The van der Waals surface area contributed by atoms with E-state index in [1.54, 1.807) is 17.1 Å². The molecule has 1 fully saturated rings. The van der Waals surface area contributed by atoms with Crippen LogP contribution in [0.5, 0.6) is 0 Å². The van der Waals surface area contributed by atoms with Crippen molar-refractivity contribution in [2.24, 2.45) is 4.99 Å². The standard InChI is InChI=1S/C18H20N6O3S/c1-12-11-27-9-8-22(12)17-13-5-7-23(28(2,25)26)16(13)14-10-20-24(18(14)21-17)15-4-3-6-19-15/h3-5,7,10,12H,6,8-9,11H2,1-2H3/t12-/m1/s1. The fourth-order valence-corrected chi connectivity index (χ4v) is 4.65. The quantitative estimate of drug-likeness (QED) is 0.642. The number of aromatic nitrogens is 4. The van der Waals surface area contributed by atoms with Crippen LogP contribution in [-0.2, 0) is 14.8 Å². The minimum atomic E-state index is -3.48. The van der Waals surface area contributed by atoms with Crippen molar-refractivity contribution < 1.29 is 13.2 Å². The molecule has 1 atom stereocenters. The highest BCUT2D eigenvalue weighted by Gasteiger charge is 2.27. The average Bonchev–Trinajstić information content (AvgIpc) is 3.38. The van der Waals surface area contributed by atoms with Crippen molar-refractivity contribution in [3.63, 3.8) is 0 Å². The highest BCUT2D eigenvalue weighted by Crippen LogP contribution is 2.34. The maximum Gasteiger partial charge on any atom is 0.236 e. The zero-order valence-electron chi connectivity index (χ0n) is 15.6. The highest BCUT2D eigenvalue weighted by molar-refractivity contribution is 7.89. The Balaban J connectivity index is 1.86. The van der Waals surface area contributed by atoms with Crippen LogP contribution >= 0.6 is 0 Å². The minimum Gasteiger partial charge on any atom is -0.377 e. The van der Waals surface area contributed by atoms with Gasteiger partial charge in [-0.2, -0.15) is 9.78 Å². The molecule has 5 rings (SSSR count). The summed E-state index contributed by atoms with van der Waals surface area (Å²) in [6, 6.07) is 1.94. The van der Waals surface area contributed by atoms with Crippen molar-refractivity contribution >= 4 is 43.6 Å². The van der Waals surface area contributed by atoms with Gasteiger partial charge in [-0.25, -0.2) is 17.4 Å². The number of hydrogen-bond donors (Lipinski definition) is 0. The molecule has 10 heteroatoms. The van der Waals surface area contributed by atoms with Crippen LogP contribution in [0.2, 0.25) is 0 Å².